The van der Waals surface area contributed by atoms with E-state index in [1.807, 2.05) is 11.8 Å². The highest BCUT2D eigenvalue weighted by Gasteiger charge is 2.34. The second-order valence-electron chi connectivity index (χ2n) is 6.18. The molecule has 1 fully saturated rings. The Morgan fingerprint density at radius 2 is 2.17 bits per heavy atom. The monoisotopic (exact) mass is 275 g/mol. The lowest BCUT2D eigenvalue weighted by Crippen LogP contribution is -2.45. The molecule has 18 heavy (non-hydrogen) atoms. The molecule has 3 nitrogen and oxygen atoms in total. The van der Waals surface area contributed by atoms with E-state index in [9.17, 15) is 5.11 Å². The molecule has 3 atom stereocenters. The lowest BCUT2D eigenvalue weighted by Gasteiger charge is -2.41. The summed E-state index contributed by atoms with van der Waals surface area (Å²) in [4.78, 5) is 0. The van der Waals surface area contributed by atoms with Gasteiger partial charge in [0.25, 0.3) is 0 Å². The minimum Gasteiger partial charge on any atom is -0.394 e. The van der Waals surface area contributed by atoms with E-state index in [2.05, 4.69) is 26.1 Å². The number of rotatable bonds is 7. The first-order valence-corrected chi connectivity index (χ1v) is 8.17. The molecule has 0 aromatic carbocycles. The number of aliphatic hydroxyl groups is 2. The van der Waals surface area contributed by atoms with E-state index in [1.165, 1.54) is 19.3 Å². The van der Waals surface area contributed by atoms with Crippen LogP contribution in [0.1, 0.15) is 46.5 Å². The summed E-state index contributed by atoms with van der Waals surface area (Å²) in [5.74, 6) is 0.640. The smallest absolute Gasteiger partial charge is 0.0861 e. The number of thioether (sulfide) groups is 1. The molecule has 3 unspecified atom stereocenters. The van der Waals surface area contributed by atoms with Crippen LogP contribution in [0.4, 0.5) is 0 Å². The van der Waals surface area contributed by atoms with Crippen molar-refractivity contribution in [1.82, 2.24) is 5.32 Å². The van der Waals surface area contributed by atoms with Crippen LogP contribution in [0.25, 0.3) is 0 Å². The summed E-state index contributed by atoms with van der Waals surface area (Å²) < 4.78 is 0. The van der Waals surface area contributed by atoms with Crippen LogP contribution >= 0.6 is 11.8 Å². The Morgan fingerprint density at radius 1 is 1.44 bits per heavy atom. The van der Waals surface area contributed by atoms with Crippen LogP contribution in [-0.4, -0.2) is 46.5 Å². The minimum atomic E-state index is -0.577. The molecule has 1 rings (SSSR count). The lowest BCUT2D eigenvalue weighted by molar-refractivity contribution is 0.113. The molecule has 1 aliphatic carbocycles. The molecule has 4 heteroatoms. The molecular weight excluding hydrogens is 246 g/mol. The quantitative estimate of drug-likeness (QED) is 0.665. The van der Waals surface area contributed by atoms with E-state index in [4.69, 9.17) is 5.11 Å². The zero-order valence-electron chi connectivity index (χ0n) is 12.0. The molecule has 0 amide bonds. The molecule has 0 aromatic heterocycles. The largest absolute Gasteiger partial charge is 0.394 e. The zero-order chi connectivity index (χ0) is 13.6. The number of hydrogen-bond donors (Lipinski definition) is 3. The Kier molecular flexibility index (Phi) is 6.99. The van der Waals surface area contributed by atoms with Gasteiger partial charge < -0.3 is 15.5 Å². The van der Waals surface area contributed by atoms with Crippen LogP contribution in [0.15, 0.2) is 0 Å². The first-order chi connectivity index (χ1) is 8.48. The van der Waals surface area contributed by atoms with Gasteiger partial charge in [-0.1, -0.05) is 20.8 Å². The van der Waals surface area contributed by atoms with Crippen molar-refractivity contribution in [3.8, 4) is 0 Å². The van der Waals surface area contributed by atoms with E-state index in [0.29, 0.717) is 22.5 Å². The first kappa shape index (κ1) is 16.3. The van der Waals surface area contributed by atoms with Gasteiger partial charge in [0.2, 0.25) is 0 Å². The van der Waals surface area contributed by atoms with Crippen LogP contribution in [0, 0.1) is 5.41 Å². The standard InChI is InChI=1S/C14H29NO2S/c1-4-7-15-12-5-6-14(2,3)8-13(12)18-10-11(17)9-16/h11-13,15-17H,4-10H2,1-3H3. The maximum atomic E-state index is 9.49. The van der Waals surface area contributed by atoms with Gasteiger partial charge in [0.05, 0.1) is 12.7 Å². The summed E-state index contributed by atoms with van der Waals surface area (Å²) in [5.41, 5.74) is 0.409. The number of nitrogens with one attached hydrogen (secondary N) is 1. The van der Waals surface area contributed by atoms with Crippen LogP contribution < -0.4 is 5.32 Å². The van der Waals surface area contributed by atoms with Crippen LogP contribution in [0.5, 0.6) is 0 Å². The molecule has 0 saturated heterocycles. The molecular formula is C14H29NO2S. The van der Waals surface area contributed by atoms with Gasteiger partial charge in [-0.15, -0.1) is 0 Å². The molecule has 0 aromatic rings. The van der Waals surface area contributed by atoms with Crippen molar-refractivity contribution in [3.05, 3.63) is 0 Å². The Balaban J connectivity index is 2.48. The highest BCUT2D eigenvalue weighted by molar-refractivity contribution is 8.00. The average molecular weight is 275 g/mol. The molecule has 0 bridgehead atoms. The van der Waals surface area contributed by atoms with E-state index >= 15 is 0 Å². The fraction of sp³-hybridized carbons (Fsp3) is 1.00. The molecule has 0 radical (unpaired) electrons. The second kappa shape index (κ2) is 7.73. The summed E-state index contributed by atoms with van der Waals surface area (Å²) >= 11 is 1.82. The van der Waals surface area contributed by atoms with Crippen molar-refractivity contribution in [3.63, 3.8) is 0 Å². The Hall–Kier alpha value is 0.230. The number of aliphatic hydroxyl groups excluding tert-OH is 2. The van der Waals surface area contributed by atoms with Gasteiger partial charge >= 0.3 is 0 Å². The van der Waals surface area contributed by atoms with Crippen LogP contribution in [0.3, 0.4) is 0 Å². The second-order valence-corrected chi connectivity index (χ2v) is 7.45. The third-order valence-corrected chi connectivity index (χ3v) is 5.21. The van der Waals surface area contributed by atoms with Gasteiger partial charge in [0.15, 0.2) is 0 Å². The number of hydrogen-bond acceptors (Lipinski definition) is 4. The summed E-state index contributed by atoms with van der Waals surface area (Å²) in [7, 11) is 0. The topological polar surface area (TPSA) is 52.5 Å². The van der Waals surface area contributed by atoms with E-state index in [0.717, 1.165) is 13.0 Å². The molecule has 1 saturated carbocycles. The molecule has 0 spiro atoms. The maximum Gasteiger partial charge on any atom is 0.0861 e. The SMILES string of the molecule is CCCNC1CCC(C)(C)CC1SCC(O)CO. The van der Waals surface area contributed by atoms with Gasteiger partial charge in [0, 0.05) is 17.0 Å². The van der Waals surface area contributed by atoms with Crippen molar-refractivity contribution in [2.24, 2.45) is 5.41 Å². The summed E-state index contributed by atoms with van der Waals surface area (Å²) in [6, 6.07) is 0.564. The van der Waals surface area contributed by atoms with Crippen LogP contribution in [-0.2, 0) is 0 Å². The maximum absolute atomic E-state index is 9.49. The molecule has 108 valence electrons. The third-order valence-electron chi connectivity index (χ3n) is 3.70. The molecule has 0 heterocycles. The van der Waals surface area contributed by atoms with E-state index in [1.54, 1.807) is 0 Å². The van der Waals surface area contributed by atoms with Gasteiger partial charge in [-0.05, 0) is 37.6 Å². The van der Waals surface area contributed by atoms with Gasteiger partial charge in [-0.25, -0.2) is 0 Å². The predicted molar refractivity (Wildman–Crippen MR) is 79.1 cm³/mol. The van der Waals surface area contributed by atoms with Crippen molar-refractivity contribution in [2.45, 2.75) is 63.9 Å². The van der Waals surface area contributed by atoms with E-state index in [-0.39, 0.29) is 6.61 Å². The van der Waals surface area contributed by atoms with Gasteiger partial charge in [-0.2, -0.15) is 11.8 Å². The summed E-state index contributed by atoms with van der Waals surface area (Å²) in [6.07, 6.45) is 4.27. The first-order valence-electron chi connectivity index (χ1n) is 7.12. The van der Waals surface area contributed by atoms with Crippen molar-refractivity contribution in [2.75, 3.05) is 18.9 Å². The van der Waals surface area contributed by atoms with Crippen molar-refractivity contribution >= 4 is 11.8 Å². The highest BCUT2D eigenvalue weighted by Crippen LogP contribution is 2.40. The predicted octanol–water partition coefficient (Wildman–Crippen LogP) is 2.02. The van der Waals surface area contributed by atoms with Crippen molar-refractivity contribution < 1.29 is 10.2 Å². The fourth-order valence-corrected chi connectivity index (χ4v) is 4.16. The average Bonchev–Trinajstić information content (AvgIpc) is 2.34. The Labute approximate surface area is 116 Å². The normalized spacial score (nSPS) is 29.2. The molecule has 0 aliphatic heterocycles. The minimum absolute atomic E-state index is 0.129. The Morgan fingerprint density at radius 3 is 2.78 bits per heavy atom. The fourth-order valence-electron chi connectivity index (χ4n) is 2.55. The van der Waals surface area contributed by atoms with Crippen molar-refractivity contribution in [1.29, 1.82) is 0 Å². The van der Waals surface area contributed by atoms with Crippen LogP contribution in [0.2, 0.25) is 0 Å². The van der Waals surface area contributed by atoms with E-state index < -0.39 is 6.10 Å². The lowest BCUT2D eigenvalue weighted by atomic mass is 9.75. The third kappa shape index (κ3) is 5.47. The van der Waals surface area contributed by atoms with Gasteiger partial charge in [-0.3, -0.25) is 0 Å². The summed E-state index contributed by atoms with van der Waals surface area (Å²) in [6.45, 7) is 7.80. The molecule has 1 aliphatic rings. The highest BCUT2D eigenvalue weighted by atomic mass is 32.2. The van der Waals surface area contributed by atoms with Gasteiger partial charge in [0.1, 0.15) is 0 Å². The summed E-state index contributed by atoms with van der Waals surface area (Å²) in [5, 5.41) is 22.6. The zero-order valence-corrected chi connectivity index (χ0v) is 12.8. The Bertz CT molecular complexity index is 236. The molecule has 3 N–H and O–H groups in total.